The largest absolute Gasteiger partial charge is 0.400 e. The van der Waals surface area contributed by atoms with Gasteiger partial charge in [-0.3, -0.25) is 0 Å². The van der Waals surface area contributed by atoms with Crippen molar-refractivity contribution in [3.8, 4) is 0 Å². The minimum Gasteiger partial charge on any atom is -0.400 e. The highest BCUT2D eigenvalue weighted by Gasteiger charge is 2.07. The Hall–Kier alpha value is -1.10. The van der Waals surface area contributed by atoms with Gasteiger partial charge >= 0.3 is 9.28 Å². The smallest absolute Gasteiger partial charge is 0.320 e. The van der Waals surface area contributed by atoms with Crippen LogP contribution in [-0.4, -0.2) is 30.0 Å². The molecule has 0 aliphatic heterocycles. The van der Waals surface area contributed by atoms with Crippen molar-refractivity contribution in [2.24, 2.45) is 0 Å². The summed E-state index contributed by atoms with van der Waals surface area (Å²) in [5, 5.41) is 3.44. The van der Waals surface area contributed by atoms with E-state index in [-0.39, 0.29) is 0 Å². The van der Waals surface area contributed by atoms with Crippen molar-refractivity contribution in [2.45, 2.75) is 18.9 Å². The first-order chi connectivity index (χ1) is 8.81. The van der Waals surface area contributed by atoms with Crippen LogP contribution >= 0.6 is 0 Å². The zero-order valence-corrected chi connectivity index (χ0v) is 12.5. The van der Waals surface area contributed by atoms with Crippen LogP contribution in [0.1, 0.15) is 18.4 Å². The van der Waals surface area contributed by atoms with Crippen LogP contribution in [0.25, 0.3) is 6.08 Å². The van der Waals surface area contributed by atoms with Gasteiger partial charge in [0.2, 0.25) is 0 Å². The number of hydrogen-bond donors (Lipinski definition) is 1. The molecule has 0 amide bonds. The third-order valence-corrected chi connectivity index (χ3v) is 4.82. The Balaban J connectivity index is 2.23. The molecule has 100 valence electrons. The molecule has 0 fully saturated rings. The number of hydrogen-bond acceptors (Lipinski definition) is 3. The van der Waals surface area contributed by atoms with Crippen LogP contribution < -0.4 is 5.32 Å². The topological polar surface area (TPSA) is 30.5 Å². The number of anilines is 1. The second kappa shape index (κ2) is 8.91. The summed E-state index contributed by atoms with van der Waals surface area (Å²) in [7, 11) is 2.10. The number of rotatable bonds is 9. The number of benzene rings is 1. The minimum absolute atomic E-state index is 0.972. The highest BCUT2D eigenvalue weighted by Crippen LogP contribution is 2.16. The van der Waals surface area contributed by atoms with Crippen molar-refractivity contribution in [2.75, 3.05) is 26.1 Å². The maximum absolute atomic E-state index is 5.28. The molecule has 0 saturated carbocycles. The fraction of sp³-hybridized carbons (Fsp3) is 0.429. The predicted octanol–water partition coefficient (Wildman–Crippen LogP) is 3.04. The molecular formula is C14H23NO2Si. The van der Waals surface area contributed by atoms with Crippen molar-refractivity contribution in [3.05, 3.63) is 36.4 Å². The van der Waals surface area contributed by atoms with E-state index in [0.717, 1.165) is 36.7 Å². The molecule has 1 rings (SSSR count). The Bertz CT molecular complexity index is 353. The summed E-state index contributed by atoms with van der Waals surface area (Å²) >= 11 is 0. The fourth-order valence-electron chi connectivity index (χ4n) is 1.83. The standard InChI is InChI=1S/C14H23NO2Si/c1-4-13-9-5-6-10-14(13)15-11-7-8-12-18(16-2)17-3/h4-6,9-10,15,18H,1,7-8,11-12H2,2-3H3. The maximum Gasteiger partial charge on any atom is 0.320 e. The van der Waals surface area contributed by atoms with Gasteiger partial charge in [-0.2, -0.15) is 0 Å². The Labute approximate surface area is 112 Å². The highest BCUT2D eigenvalue weighted by atomic mass is 28.3. The van der Waals surface area contributed by atoms with Gasteiger partial charge in [-0.25, -0.2) is 0 Å². The predicted molar refractivity (Wildman–Crippen MR) is 80.2 cm³/mol. The molecule has 0 spiro atoms. The van der Waals surface area contributed by atoms with E-state index in [0.29, 0.717) is 0 Å². The average Bonchev–Trinajstić information content (AvgIpc) is 2.43. The summed E-state index contributed by atoms with van der Waals surface area (Å²) in [6.45, 7) is 4.79. The minimum atomic E-state index is -1.37. The molecule has 1 N–H and O–H groups in total. The molecule has 1 aromatic carbocycles. The van der Waals surface area contributed by atoms with E-state index in [1.165, 1.54) is 0 Å². The van der Waals surface area contributed by atoms with Gasteiger partial charge in [0.15, 0.2) is 0 Å². The number of unbranched alkanes of at least 4 members (excludes halogenated alkanes) is 1. The van der Waals surface area contributed by atoms with Gasteiger partial charge in [-0.15, -0.1) is 0 Å². The lowest BCUT2D eigenvalue weighted by Crippen LogP contribution is -2.18. The van der Waals surface area contributed by atoms with Gasteiger partial charge in [-0.1, -0.05) is 30.9 Å². The molecule has 0 heterocycles. The zero-order valence-electron chi connectivity index (χ0n) is 11.3. The number of para-hydroxylation sites is 1. The maximum atomic E-state index is 5.28. The second-order valence-corrected chi connectivity index (χ2v) is 6.49. The third kappa shape index (κ3) is 5.04. The fourth-order valence-corrected chi connectivity index (χ4v) is 3.11. The van der Waals surface area contributed by atoms with Crippen molar-refractivity contribution < 1.29 is 8.85 Å². The molecule has 18 heavy (non-hydrogen) atoms. The van der Waals surface area contributed by atoms with Gasteiger partial charge in [0.1, 0.15) is 0 Å². The molecule has 3 nitrogen and oxygen atoms in total. The first-order valence-electron chi connectivity index (χ1n) is 6.32. The van der Waals surface area contributed by atoms with Crippen LogP contribution in [0, 0.1) is 0 Å². The summed E-state index contributed by atoms with van der Waals surface area (Å²) in [6, 6.07) is 9.27. The molecular weight excluding hydrogens is 242 g/mol. The lowest BCUT2D eigenvalue weighted by Gasteiger charge is -2.12. The first-order valence-corrected chi connectivity index (χ1v) is 8.08. The van der Waals surface area contributed by atoms with E-state index in [1.807, 2.05) is 18.2 Å². The van der Waals surface area contributed by atoms with E-state index in [4.69, 9.17) is 8.85 Å². The molecule has 0 aromatic heterocycles. The summed E-state index contributed by atoms with van der Waals surface area (Å²) in [5.74, 6) is 0. The molecule has 4 heteroatoms. The van der Waals surface area contributed by atoms with Gasteiger partial charge in [0.05, 0.1) is 0 Å². The molecule has 1 aromatic rings. The molecule has 0 aliphatic carbocycles. The summed E-state index contributed by atoms with van der Waals surface area (Å²) in [5.41, 5.74) is 2.30. The van der Waals surface area contributed by atoms with Crippen molar-refractivity contribution in [1.82, 2.24) is 0 Å². The normalized spacial score (nSPS) is 10.6. The van der Waals surface area contributed by atoms with Crippen LogP contribution in [0.4, 0.5) is 5.69 Å². The van der Waals surface area contributed by atoms with E-state index >= 15 is 0 Å². The molecule has 0 saturated heterocycles. The zero-order chi connectivity index (χ0) is 13.2. The Morgan fingerprint density at radius 1 is 1.22 bits per heavy atom. The monoisotopic (exact) mass is 265 g/mol. The van der Waals surface area contributed by atoms with Crippen molar-refractivity contribution >= 4 is 21.0 Å². The molecule has 0 radical (unpaired) electrons. The highest BCUT2D eigenvalue weighted by molar-refractivity contribution is 6.44. The summed E-state index contributed by atoms with van der Waals surface area (Å²) in [6.07, 6.45) is 4.14. The van der Waals surface area contributed by atoms with Crippen LogP contribution in [-0.2, 0) is 8.85 Å². The molecule has 0 unspecified atom stereocenters. The van der Waals surface area contributed by atoms with Crippen molar-refractivity contribution in [3.63, 3.8) is 0 Å². The Morgan fingerprint density at radius 2 is 1.94 bits per heavy atom. The van der Waals surface area contributed by atoms with Crippen LogP contribution in [0.3, 0.4) is 0 Å². The van der Waals surface area contributed by atoms with E-state index in [9.17, 15) is 0 Å². The molecule has 0 atom stereocenters. The first kappa shape index (κ1) is 15.0. The van der Waals surface area contributed by atoms with E-state index in [1.54, 1.807) is 14.2 Å². The van der Waals surface area contributed by atoms with Crippen LogP contribution in [0.2, 0.25) is 6.04 Å². The van der Waals surface area contributed by atoms with Gasteiger partial charge in [0.25, 0.3) is 0 Å². The summed E-state index contributed by atoms with van der Waals surface area (Å²) < 4.78 is 10.6. The van der Waals surface area contributed by atoms with Crippen molar-refractivity contribution in [1.29, 1.82) is 0 Å². The summed E-state index contributed by atoms with van der Waals surface area (Å²) in [4.78, 5) is 0. The lowest BCUT2D eigenvalue weighted by atomic mass is 10.1. The van der Waals surface area contributed by atoms with E-state index in [2.05, 4.69) is 24.0 Å². The quantitative estimate of drug-likeness (QED) is 0.550. The third-order valence-electron chi connectivity index (χ3n) is 2.89. The number of nitrogens with one attached hydrogen (secondary N) is 1. The van der Waals surface area contributed by atoms with Gasteiger partial charge < -0.3 is 14.2 Å². The SMILES string of the molecule is C=Cc1ccccc1NCCCC[SiH](OC)OC. The van der Waals surface area contributed by atoms with Crippen LogP contribution in [0.15, 0.2) is 30.8 Å². The molecule has 0 bridgehead atoms. The van der Waals surface area contributed by atoms with E-state index < -0.39 is 9.28 Å². The lowest BCUT2D eigenvalue weighted by molar-refractivity contribution is 0.276. The Kier molecular flexibility index (Phi) is 7.40. The van der Waals surface area contributed by atoms with Gasteiger partial charge in [-0.05, 0) is 30.5 Å². The molecule has 0 aliphatic rings. The van der Waals surface area contributed by atoms with Crippen LogP contribution in [0.5, 0.6) is 0 Å². The van der Waals surface area contributed by atoms with Gasteiger partial charge in [0, 0.05) is 26.5 Å². The Morgan fingerprint density at radius 3 is 2.61 bits per heavy atom. The second-order valence-electron chi connectivity index (χ2n) is 4.11. The average molecular weight is 265 g/mol.